The summed E-state index contributed by atoms with van der Waals surface area (Å²) in [4.78, 5) is 21.5. The van der Waals surface area contributed by atoms with Gasteiger partial charge in [0.1, 0.15) is 6.29 Å². The minimum atomic E-state index is -0.210. The number of carbonyl (C=O) groups excluding carboxylic acids is 1. The number of benzene rings is 1. The van der Waals surface area contributed by atoms with Crippen molar-refractivity contribution in [2.75, 3.05) is 0 Å². The number of aromatic nitrogens is 2. The fourth-order valence-corrected chi connectivity index (χ4v) is 1.37. The maximum absolute atomic E-state index is 11.3. The first-order chi connectivity index (χ1) is 7.31. The topological polar surface area (TPSA) is 62.8 Å². The van der Waals surface area contributed by atoms with Gasteiger partial charge in [-0.15, -0.1) is 0 Å². The number of aromatic amines is 1. The van der Waals surface area contributed by atoms with Crippen molar-refractivity contribution in [1.29, 1.82) is 0 Å². The second-order valence-corrected chi connectivity index (χ2v) is 3.04. The Bertz CT molecular complexity index is 584. The molecule has 4 nitrogen and oxygen atoms in total. The highest BCUT2D eigenvalue weighted by Gasteiger charge is 1.97. The highest BCUT2D eigenvalue weighted by Crippen LogP contribution is 2.11. The monoisotopic (exact) mass is 200 g/mol. The van der Waals surface area contributed by atoms with E-state index in [1.165, 1.54) is 6.08 Å². The van der Waals surface area contributed by atoms with Crippen LogP contribution in [0.3, 0.4) is 0 Å². The van der Waals surface area contributed by atoms with E-state index in [1.54, 1.807) is 30.5 Å². The molecule has 0 unspecified atom stereocenters. The Hall–Kier alpha value is -2.23. The van der Waals surface area contributed by atoms with E-state index in [9.17, 15) is 9.59 Å². The maximum atomic E-state index is 11.3. The van der Waals surface area contributed by atoms with Crippen LogP contribution in [0.1, 0.15) is 5.56 Å². The quantitative estimate of drug-likeness (QED) is 0.584. The summed E-state index contributed by atoms with van der Waals surface area (Å²) in [6.45, 7) is 0. The Morgan fingerprint density at radius 3 is 3.00 bits per heavy atom. The van der Waals surface area contributed by atoms with Crippen molar-refractivity contribution in [2.24, 2.45) is 0 Å². The van der Waals surface area contributed by atoms with Gasteiger partial charge in [-0.05, 0) is 23.8 Å². The molecule has 0 saturated carbocycles. The summed E-state index contributed by atoms with van der Waals surface area (Å²) in [7, 11) is 0. The zero-order valence-electron chi connectivity index (χ0n) is 7.81. The predicted octanol–water partition coefficient (Wildman–Crippen LogP) is 1.14. The molecule has 0 aliphatic heterocycles. The lowest BCUT2D eigenvalue weighted by molar-refractivity contribution is -0.104. The summed E-state index contributed by atoms with van der Waals surface area (Å²) in [5.74, 6) is 0. The number of hydrogen-bond donors (Lipinski definition) is 1. The minimum absolute atomic E-state index is 0.210. The molecule has 0 fully saturated rings. The summed E-state index contributed by atoms with van der Waals surface area (Å²) in [6.07, 6.45) is 5.37. The molecule has 1 aromatic heterocycles. The fourth-order valence-electron chi connectivity index (χ4n) is 1.37. The fraction of sp³-hybridized carbons (Fsp3) is 0. The third kappa shape index (κ3) is 1.83. The van der Waals surface area contributed by atoms with E-state index >= 15 is 0 Å². The zero-order valence-corrected chi connectivity index (χ0v) is 7.81. The van der Waals surface area contributed by atoms with Crippen molar-refractivity contribution < 1.29 is 4.79 Å². The molecule has 0 radical (unpaired) electrons. The Morgan fingerprint density at radius 1 is 1.33 bits per heavy atom. The second-order valence-electron chi connectivity index (χ2n) is 3.04. The van der Waals surface area contributed by atoms with Gasteiger partial charge < -0.3 is 0 Å². The first kappa shape index (κ1) is 9.33. The molecule has 15 heavy (non-hydrogen) atoms. The molecular weight excluding hydrogens is 192 g/mol. The van der Waals surface area contributed by atoms with Gasteiger partial charge >= 0.3 is 0 Å². The average molecular weight is 200 g/mol. The molecule has 1 N–H and O–H groups in total. The van der Waals surface area contributed by atoms with Crippen LogP contribution in [-0.4, -0.2) is 16.5 Å². The van der Waals surface area contributed by atoms with Gasteiger partial charge in [0, 0.05) is 5.39 Å². The van der Waals surface area contributed by atoms with Crippen molar-refractivity contribution in [1.82, 2.24) is 10.2 Å². The van der Waals surface area contributed by atoms with E-state index in [1.807, 2.05) is 0 Å². The van der Waals surface area contributed by atoms with Gasteiger partial charge in [0.15, 0.2) is 0 Å². The third-order valence-electron chi connectivity index (χ3n) is 2.06. The molecule has 1 aromatic carbocycles. The van der Waals surface area contributed by atoms with E-state index in [2.05, 4.69) is 10.2 Å². The summed E-state index contributed by atoms with van der Waals surface area (Å²) in [6, 6.07) is 5.29. The molecule has 0 spiro atoms. The van der Waals surface area contributed by atoms with Crippen molar-refractivity contribution in [3.63, 3.8) is 0 Å². The van der Waals surface area contributed by atoms with Crippen molar-refractivity contribution in [3.8, 4) is 0 Å². The molecule has 74 valence electrons. The number of nitrogens with one attached hydrogen (secondary N) is 1. The first-order valence-corrected chi connectivity index (χ1v) is 4.40. The minimum Gasteiger partial charge on any atom is -0.299 e. The molecule has 0 atom stereocenters. The lowest BCUT2D eigenvalue weighted by atomic mass is 10.1. The molecule has 0 bridgehead atoms. The maximum Gasteiger partial charge on any atom is 0.272 e. The molecule has 2 aromatic rings. The number of hydrogen-bond acceptors (Lipinski definition) is 3. The van der Waals surface area contributed by atoms with E-state index in [-0.39, 0.29) is 5.56 Å². The van der Waals surface area contributed by atoms with Crippen molar-refractivity contribution in [3.05, 3.63) is 46.4 Å². The van der Waals surface area contributed by atoms with Crippen LogP contribution in [0.15, 0.2) is 35.3 Å². The number of aldehydes is 1. The summed E-state index contributed by atoms with van der Waals surface area (Å²) >= 11 is 0. The van der Waals surface area contributed by atoms with Gasteiger partial charge in [-0.2, -0.15) is 5.10 Å². The van der Waals surface area contributed by atoms with Gasteiger partial charge in [0.25, 0.3) is 5.56 Å². The van der Waals surface area contributed by atoms with Gasteiger partial charge in [-0.3, -0.25) is 9.59 Å². The summed E-state index contributed by atoms with van der Waals surface area (Å²) in [5, 5.41) is 7.41. The van der Waals surface area contributed by atoms with Crippen LogP contribution in [-0.2, 0) is 4.79 Å². The van der Waals surface area contributed by atoms with E-state index in [0.29, 0.717) is 11.7 Å². The lowest BCUT2D eigenvalue weighted by Crippen LogP contribution is -2.06. The molecular formula is C11H8N2O2. The second kappa shape index (κ2) is 3.88. The van der Waals surface area contributed by atoms with Crippen LogP contribution in [0, 0.1) is 0 Å². The standard InChI is InChI=1S/C11H8N2O2/c14-5-1-2-8-3-4-10-9(6-8)7-12-13-11(10)15/h1-7H,(H,13,15). The number of nitrogens with zero attached hydrogens (tertiary/aromatic N) is 1. The average Bonchev–Trinajstić information content (AvgIpc) is 2.26. The van der Waals surface area contributed by atoms with Crippen LogP contribution >= 0.6 is 0 Å². The molecule has 2 rings (SSSR count). The van der Waals surface area contributed by atoms with Crippen LogP contribution in [0.4, 0.5) is 0 Å². The van der Waals surface area contributed by atoms with Gasteiger partial charge in [0.2, 0.25) is 0 Å². The van der Waals surface area contributed by atoms with Gasteiger partial charge in [-0.25, -0.2) is 5.10 Å². The Morgan fingerprint density at radius 2 is 2.20 bits per heavy atom. The number of allylic oxidation sites excluding steroid dienone is 1. The first-order valence-electron chi connectivity index (χ1n) is 4.40. The van der Waals surface area contributed by atoms with Gasteiger partial charge in [0.05, 0.1) is 11.6 Å². The predicted molar refractivity (Wildman–Crippen MR) is 57.5 cm³/mol. The Balaban J connectivity index is 2.62. The SMILES string of the molecule is O=CC=Cc1ccc2c(=O)[nH]ncc2c1. The number of fused-ring (bicyclic) bond motifs is 1. The number of carbonyl (C=O) groups is 1. The van der Waals surface area contributed by atoms with Crippen molar-refractivity contribution >= 4 is 23.1 Å². The number of rotatable bonds is 2. The highest BCUT2D eigenvalue weighted by atomic mass is 16.1. The lowest BCUT2D eigenvalue weighted by Gasteiger charge is -1.96. The Kier molecular flexibility index (Phi) is 2.41. The molecule has 0 aliphatic rings. The molecule has 0 saturated heterocycles. The van der Waals surface area contributed by atoms with E-state index in [4.69, 9.17) is 0 Å². The van der Waals surface area contributed by atoms with Crippen molar-refractivity contribution in [2.45, 2.75) is 0 Å². The van der Waals surface area contributed by atoms with Gasteiger partial charge in [-0.1, -0.05) is 12.1 Å². The molecule has 0 amide bonds. The zero-order chi connectivity index (χ0) is 10.7. The third-order valence-corrected chi connectivity index (χ3v) is 2.06. The summed E-state index contributed by atoms with van der Waals surface area (Å²) in [5.41, 5.74) is 0.653. The Labute approximate surface area is 85.2 Å². The highest BCUT2D eigenvalue weighted by molar-refractivity contribution is 5.84. The van der Waals surface area contributed by atoms with Crippen LogP contribution in [0.25, 0.3) is 16.8 Å². The van der Waals surface area contributed by atoms with E-state index in [0.717, 1.165) is 10.9 Å². The van der Waals surface area contributed by atoms with E-state index < -0.39 is 0 Å². The van der Waals surface area contributed by atoms with Crippen LogP contribution in [0.2, 0.25) is 0 Å². The smallest absolute Gasteiger partial charge is 0.272 e. The number of H-pyrrole nitrogens is 1. The molecule has 1 heterocycles. The normalized spacial score (nSPS) is 10.9. The summed E-state index contributed by atoms with van der Waals surface area (Å²) < 4.78 is 0. The van der Waals surface area contributed by atoms with Crippen LogP contribution in [0.5, 0.6) is 0 Å². The molecule has 0 aliphatic carbocycles. The largest absolute Gasteiger partial charge is 0.299 e. The van der Waals surface area contributed by atoms with Crippen LogP contribution < -0.4 is 5.56 Å². The molecule has 4 heteroatoms.